The van der Waals surface area contributed by atoms with Gasteiger partial charge in [0.15, 0.2) is 0 Å². The Bertz CT molecular complexity index is 1230. The molecular formula is C31H39N3O5SSi. The number of carbonyl (C=O) groups excluding carboxylic acids is 1. The van der Waals surface area contributed by atoms with Gasteiger partial charge in [-0.1, -0.05) is 105 Å². The van der Waals surface area contributed by atoms with Crippen LogP contribution in [0.2, 0.25) is 5.04 Å². The van der Waals surface area contributed by atoms with Crippen molar-refractivity contribution in [2.45, 2.75) is 56.4 Å². The standard InChI is InChI=1S/C31H39N3O5SSi/c1-23(35)28(39-30(40-5)27(33-34-32)21-37-29(36)24-15-9-6-10-16-24)22-38-41(31(2,3)4,25-17-11-7-12-18-25)26-19-13-8-14-20-26/h6-20,23,27-28,30,35H,21-22H2,1-5H3/t23-,27-,28?,30-/m0/s1. The molecule has 0 aliphatic rings. The Morgan fingerprint density at radius 2 is 1.46 bits per heavy atom. The molecule has 41 heavy (non-hydrogen) atoms. The highest BCUT2D eigenvalue weighted by Crippen LogP contribution is 2.37. The minimum absolute atomic E-state index is 0.106. The highest BCUT2D eigenvalue weighted by molar-refractivity contribution is 7.99. The number of rotatable bonds is 14. The number of nitrogens with zero attached hydrogens (tertiary/aromatic N) is 3. The molecule has 218 valence electrons. The Morgan fingerprint density at radius 3 is 1.90 bits per heavy atom. The fourth-order valence-electron chi connectivity index (χ4n) is 4.79. The third-order valence-electron chi connectivity index (χ3n) is 6.87. The van der Waals surface area contributed by atoms with E-state index in [0.29, 0.717) is 5.56 Å². The number of esters is 1. The predicted octanol–water partition coefficient (Wildman–Crippen LogP) is 5.55. The first-order valence-corrected chi connectivity index (χ1v) is 16.7. The fourth-order valence-corrected chi connectivity index (χ4v) is 10.1. The zero-order valence-electron chi connectivity index (χ0n) is 24.2. The van der Waals surface area contributed by atoms with Crippen LogP contribution in [0, 0.1) is 0 Å². The van der Waals surface area contributed by atoms with Crippen LogP contribution >= 0.6 is 11.8 Å². The number of aliphatic hydroxyl groups excluding tert-OH is 1. The average Bonchev–Trinajstić information content (AvgIpc) is 2.98. The molecule has 0 aromatic heterocycles. The lowest BCUT2D eigenvalue weighted by Gasteiger charge is -2.44. The van der Waals surface area contributed by atoms with Crippen molar-refractivity contribution in [1.82, 2.24) is 0 Å². The zero-order chi connectivity index (χ0) is 29.9. The molecule has 0 saturated heterocycles. The first-order chi connectivity index (χ1) is 19.6. The van der Waals surface area contributed by atoms with Crippen molar-refractivity contribution in [3.8, 4) is 0 Å². The van der Waals surface area contributed by atoms with Gasteiger partial charge in [0.2, 0.25) is 0 Å². The molecule has 3 rings (SSSR count). The molecular weight excluding hydrogens is 555 g/mol. The Balaban J connectivity index is 1.86. The van der Waals surface area contributed by atoms with E-state index in [1.807, 2.05) is 48.7 Å². The normalized spacial score (nSPS) is 14.8. The van der Waals surface area contributed by atoms with Gasteiger partial charge < -0.3 is 19.0 Å². The number of aliphatic hydroxyl groups is 1. The van der Waals surface area contributed by atoms with E-state index in [1.165, 1.54) is 11.8 Å². The van der Waals surface area contributed by atoms with E-state index in [9.17, 15) is 15.4 Å². The summed E-state index contributed by atoms with van der Waals surface area (Å²) in [4.78, 5) is 15.5. The molecule has 1 unspecified atom stereocenters. The van der Waals surface area contributed by atoms with Crippen molar-refractivity contribution >= 4 is 36.4 Å². The van der Waals surface area contributed by atoms with Gasteiger partial charge in [0, 0.05) is 4.91 Å². The first kappa shape index (κ1) is 32.4. The second-order valence-electron chi connectivity index (χ2n) is 10.7. The summed E-state index contributed by atoms with van der Waals surface area (Å²) >= 11 is 1.31. The van der Waals surface area contributed by atoms with Gasteiger partial charge in [-0.25, -0.2) is 4.79 Å². The quantitative estimate of drug-likeness (QED) is 0.0654. The molecule has 0 aliphatic heterocycles. The van der Waals surface area contributed by atoms with Crippen LogP contribution in [0.15, 0.2) is 96.1 Å². The van der Waals surface area contributed by atoms with Crippen molar-refractivity contribution in [2.24, 2.45) is 5.11 Å². The maximum absolute atomic E-state index is 12.5. The van der Waals surface area contributed by atoms with E-state index in [4.69, 9.17) is 13.9 Å². The lowest BCUT2D eigenvalue weighted by molar-refractivity contribution is -0.0718. The van der Waals surface area contributed by atoms with Crippen LogP contribution in [-0.4, -0.2) is 62.5 Å². The van der Waals surface area contributed by atoms with Crippen LogP contribution in [-0.2, 0) is 13.9 Å². The summed E-state index contributed by atoms with van der Waals surface area (Å²) in [6.07, 6.45) is 0.183. The molecule has 0 aliphatic carbocycles. The summed E-state index contributed by atoms with van der Waals surface area (Å²) in [7, 11) is -2.88. The van der Waals surface area contributed by atoms with Crippen molar-refractivity contribution in [2.75, 3.05) is 19.5 Å². The Kier molecular flexibility index (Phi) is 12.0. The second-order valence-corrected chi connectivity index (χ2v) is 16.0. The minimum Gasteiger partial charge on any atom is -0.462 e. The zero-order valence-corrected chi connectivity index (χ0v) is 26.0. The maximum Gasteiger partial charge on any atom is 0.338 e. The van der Waals surface area contributed by atoms with Crippen LogP contribution in [0.25, 0.3) is 10.4 Å². The van der Waals surface area contributed by atoms with Gasteiger partial charge in [0.05, 0.1) is 18.3 Å². The molecule has 0 heterocycles. The van der Waals surface area contributed by atoms with Crippen molar-refractivity contribution < 1.29 is 23.8 Å². The highest BCUT2D eigenvalue weighted by Gasteiger charge is 2.50. The van der Waals surface area contributed by atoms with E-state index in [1.54, 1.807) is 31.2 Å². The maximum atomic E-state index is 12.5. The van der Waals surface area contributed by atoms with Gasteiger partial charge in [-0.15, -0.1) is 11.8 Å². The number of azide groups is 1. The van der Waals surface area contributed by atoms with Gasteiger partial charge in [-0.3, -0.25) is 0 Å². The van der Waals surface area contributed by atoms with Gasteiger partial charge in [-0.2, -0.15) is 0 Å². The number of ether oxygens (including phenoxy) is 2. The fraction of sp³-hybridized carbons (Fsp3) is 0.387. The van der Waals surface area contributed by atoms with Crippen molar-refractivity contribution in [3.63, 3.8) is 0 Å². The Hall–Kier alpha value is -3.11. The van der Waals surface area contributed by atoms with Crippen LogP contribution < -0.4 is 10.4 Å². The van der Waals surface area contributed by atoms with Gasteiger partial charge in [0.1, 0.15) is 24.2 Å². The van der Waals surface area contributed by atoms with E-state index in [0.717, 1.165) is 10.4 Å². The van der Waals surface area contributed by atoms with Crippen LogP contribution in [0.4, 0.5) is 0 Å². The Labute approximate surface area is 247 Å². The number of hydrogen-bond acceptors (Lipinski definition) is 7. The van der Waals surface area contributed by atoms with Gasteiger partial charge in [-0.05, 0) is 46.3 Å². The molecule has 4 atom stereocenters. The third kappa shape index (κ3) is 8.22. The number of carbonyl (C=O) groups is 1. The summed E-state index contributed by atoms with van der Waals surface area (Å²) in [6, 6.07) is 28.2. The highest BCUT2D eigenvalue weighted by atomic mass is 32.2. The van der Waals surface area contributed by atoms with E-state index in [2.05, 4.69) is 55.1 Å². The summed E-state index contributed by atoms with van der Waals surface area (Å²) in [5.74, 6) is -0.523. The molecule has 0 spiro atoms. The lowest BCUT2D eigenvalue weighted by atomic mass is 10.2. The largest absolute Gasteiger partial charge is 0.462 e. The lowest BCUT2D eigenvalue weighted by Crippen LogP contribution is -2.67. The molecule has 0 fully saturated rings. The molecule has 3 aromatic carbocycles. The first-order valence-electron chi connectivity index (χ1n) is 13.5. The Morgan fingerprint density at radius 1 is 0.951 bits per heavy atom. The minimum atomic E-state index is -2.88. The molecule has 0 amide bonds. The summed E-state index contributed by atoms with van der Waals surface area (Å²) in [5, 5.41) is 16.6. The van der Waals surface area contributed by atoms with E-state index < -0.39 is 38.0 Å². The number of thioether (sulfide) groups is 1. The predicted molar refractivity (Wildman–Crippen MR) is 167 cm³/mol. The van der Waals surface area contributed by atoms with Crippen LogP contribution in [0.5, 0.6) is 0 Å². The molecule has 0 radical (unpaired) electrons. The molecule has 8 nitrogen and oxygen atoms in total. The second kappa shape index (κ2) is 15.2. The SMILES string of the molecule is CS[C@H](OC(CO[Si](c1ccccc1)(c1ccccc1)C(C)(C)C)[C@H](C)O)[C@H](COC(=O)c1ccccc1)N=[N+]=[N-]. The topological polar surface area (TPSA) is 114 Å². The summed E-state index contributed by atoms with van der Waals surface area (Å²) in [6.45, 7) is 8.12. The summed E-state index contributed by atoms with van der Waals surface area (Å²) < 4.78 is 18.8. The summed E-state index contributed by atoms with van der Waals surface area (Å²) in [5.41, 5.74) is 8.94. The molecule has 1 N–H and O–H groups in total. The van der Waals surface area contributed by atoms with Crippen LogP contribution in [0.1, 0.15) is 38.1 Å². The van der Waals surface area contributed by atoms with Gasteiger partial charge >= 0.3 is 5.97 Å². The van der Waals surface area contributed by atoms with Gasteiger partial charge in [0.25, 0.3) is 8.32 Å². The average molecular weight is 594 g/mol. The molecule has 3 aromatic rings. The van der Waals surface area contributed by atoms with Crippen LogP contribution in [0.3, 0.4) is 0 Å². The van der Waals surface area contributed by atoms with E-state index in [-0.39, 0.29) is 18.3 Å². The molecule has 0 saturated carbocycles. The monoisotopic (exact) mass is 593 g/mol. The van der Waals surface area contributed by atoms with Crippen molar-refractivity contribution in [1.29, 1.82) is 0 Å². The van der Waals surface area contributed by atoms with Crippen molar-refractivity contribution in [3.05, 3.63) is 107 Å². The third-order valence-corrected chi connectivity index (χ3v) is 12.8. The number of hydrogen-bond donors (Lipinski definition) is 1. The molecule has 0 bridgehead atoms. The number of benzene rings is 3. The molecule has 10 heteroatoms. The van der Waals surface area contributed by atoms with E-state index >= 15 is 0 Å². The smallest absolute Gasteiger partial charge is 0.338 e.